The second-order valence-electron chi connectivity index (χ2n) is 6.67. The van der Waals surface area contributed by atoms with Crippen molar-refractivity contribution in [3.05, 3.63) is 36.0 Å². The summed E-state index contributed by atoms with van der Waals surface area (Å²) in [7, 11) is 1.52. The Labute approximate surface area is 169 Å². The lowest BCUT2D eigenvalue weighted by Gasteiger charge is -2.24. The van der Waals surface area contributed by atoms with Crippen molar-refractivity contribution in [2.24, 2.45) is 0 Å². The summed E-state index contributed by atoms with van der Waals surface area (Å²) in [4.78, 5) is 9.19. The first kappa shape index (κ1) is 22.8. The zero-order valence-corrected chi connectivity index (χ0v) is 17.1. The van der Waals surface area contributed by atoms with Crippen LogP contribution in [0.2, 0.25) is 0 Å². The van der Waals surface area contributed by atoms with Crippen molar-refractivity contribution in [1.82, 2.24) is 9.97 Å². The van der Waals surface area contributed by atoms with Gasteiger partial charge in [-0.25, -0.2) is 4.98 Å². The molecular formula is C21H28F3N3O2. The molecule has 5 nitrogen and oxygen atoms in total. The molecule has 0 atom stereocenters. The molecule has 0 radical (unpaired) electrons. The van der Waals surface area contributed by atoms with Crippen LogP contribution in [0.1, 0.15) is 51.5 Å². The predicted molar refractivity (Wildman–Crippen MR) is 107 cm³/mol. The van der Waals surface area contributed by atoms with Gasteiger partial charge in [-0.1, -0.05) is 45.2 Å². The van der Waals surface area contributed by atoms with Gasteiger partial charge in [-0.2, -0.15) is 18.2 Å². The number of para-hydroxylation sites is 2. The molecule has 0 saturated carbocycles. The number of aromatic nitrogens is 2. The lowest BCUT2D eigenvalue weighted by atomic mass is 10.2. The summed E-state index contributed by atoms with van der Waals surface area (Å²) in [6.45, 7) is 4.89. The van der Waals surface area contributed by atoms with Crippen LogP contribution in [-0.2, 0) is 6.18 Å². The zero-order valence-electron chi connectivity index (χ0n) is 17.1. The van der Waals surface area contributed by atoms with E-state index in [2.05, 4.69) is 16.9 Å². The monoisotopic (exact) mass is 411 g/mol. The number of benzene rings is 1. The Morgan fingerprint density at radius 3 is 2.41 bits per heavy atom. The van der Waals surface area contributed by atoms with Gasteiger partial charge in [0.2, 0.25) is 0 Å². The van der Waals surface area contributed by atoms with Gasteiger partial charge in [0, 0.05) is 13.2 Å². The smallest absolute Gasteiger partial charge is 0.421 e. The summed E-state index contributed by atoms with van der Waals surface area (Å²) in [5, 5.41) is 0. The molecule has 160 valence electrons. The number of nitrogens with zero attached hydrogens (tertiary/aromatic N) is 3. The second kappa shape index (κ2) is 10.9. The van der Waals surface area contributed by atoms with E-state index in [-0.39, 0.29) is 11.8 Å². The van der Waals surface area contributed by atoms with Crippen molar-refractivity contribution in [3.63, 3.8) is 0 Å². The van der Waals surface area contributed by atoms with E-state index < -0.39 is 11.7 Å². The molecule has 0 fully saturated rings. The molecule has 29 heavy (non-hydrogen) atoms. The van der Waals surface area contributed by atoms with Crippen molar-refractivity contribution in [2.45, 2.75) is 52.1 Å². The SMILES string of the molecule is CCCCCCOc1ncc(C(F)(F)F)c(N(C)c2ccccc2OCCC)n1. The highest BCUT2D eigenvalue weighted by Gasteiger charge is 2.37. The number of alkyl halides is 3. The molecule has 2 aromatic rings. The minimum atomic E-state index is -4.59. The Bertz CT molecular complexity index is 769. The molecule has 0 unspecified atom stereocenters. The fourth-order valence-electron chi connectivity index (χ4n) is 2.76. The molecule has 0 spiro atoms. The van der Waals surface area contributed by atoms with Crippen LogP contribution >= 0.6 is 0 Å². The average molecular weight is 411 g/mol. The van der Waals surface area contributed by atoms with Gasteiger partial charge in [-0.15, -0.1) is 0 Å². The molecular weight excluding hydrogens is 383 g/mol. The van der Waals surface area contributed by atoms with Gasteiger partial charge in [0.1, 0.15) is 11.3 Å². The highest BCUT2D eigenvalue weighted by atomic mass is 19.4. The first-order valence-electron chi connectivity index (χ1n) is 9.91. The van der Waals surface area contributed by atoms with Gasteiger partial charge in [-0.05, 0) is 25.0 Å². The number of halogens is 3. The lowest BCUT2D eigenvalue weighted by Crippen LogP contribution is -2.20. The van der Waals surface area contributed by atoms with Gasteiger partial charge in [0.15, 0.2) is 5.82 Å². The molecule has 8 heteroatoms. The lowest BCUT2D eigenvalue weighted by molar-refractivity contribution is -0.137. The molecule has 0 N–H and O–H groups in total. The maximum atomic E-state index is 13.6. The molecule has 0 bridgehead atoms. The Kier molecular flexibility index (Phi) is 8.54. The molecule has 1 aromatic carbocycles. The number of hydrogen-bond donors (Lipinski definition) is 0. The van der Waals surface area contributed by atoms with Crippen LogP contribution in [0, 0.1) is 0 Å². The van der Waals surface area contributed by atoms with E-state index >= 15 is 0 Å². The van der Waals surface area contributed by atoms with E-state index in [0.717, 1.165) is 38.3 Å². The molecule has 0 saturated heterocycles. The average Bonchev–Trinajstić information content (AvgIpc) is 2.71. The fourth-order valence-corrected chi connectivity index (χ4v) is 2.76. The molecule has 0 aliphatic heterocycles. The Balaban J connectivity index is 2.32. The van der Waals surface area contributed by atoms with E-state index in [0.29, 0.717) is 24.7 Å². The highest BCUT2D eigenvalue weighted by Crippen LogP contribution is 2.40. The fraction of sp³-hybridized carbons (Fsp3) is 0.524. The minimum absolute atomic E-state index is 0.0664. The first-order valence-corrected chi connectivity index (χ1v) is 9.91. The van der Waals surface area contributed by atoms with Crippen LogP contribution in [0.25, 0.3) is 0 Å². The van der Waals surface area contributed by atoms with E-state index in [4.69, 9.17) is 9.47 Å². The minimum Gasteiger partial charge on any atom is -0.491 e. The van der Waals surface area contributed by atoms with E-state index in [1.165, 1.54) is 11.9 Å². The van der Waals surface area contributed by atoms with Crippen LogP contribution in [0.5, 0.6) is 11.8 Å². The maximum Gasteiger partial charge on any atom is 0.421 e. The van der Waals surface area contributed by atoms with E-state index in [1.807, 2.05) is 6.92 Å². The van der Waals surface area contributed by atoms with Crippen LogP contribution < -0.4 is 14.4 Å². The summed E-state index contributed by atoms with van der Waals surface area (Å²) < 4.78 is 51.9. The Hall–Kier alpha value is -2.51. The maximum absolute atomic E-state index is 13.6. The van der Waals surface area contributed by atoms with Gasteiger partial charge in [-0.3, -0.25) is 0 Å². The highest BCUT2D eigenvalue weighted by molar-refractivity contribution is 5.68. The number of ether oxygens (including phenoxy) is 2. The molecule has 0 amide bonds. The van der Waals surface area contributed by atoms with Crippen molar-refractivity contribution in [3.8, 4) is 11.8 Å². The van der Waals surface area contributed by atoms with Crippen LogP contribution in [0.15, 0.2) is 30.5 Å². The largest absolute Gasteiger partial charge is 0.491 e. The van der Waals surface area contributed by atoms with E-state index in [9.17, 15) is 13.2 Å². The van der Waals surface area contributed by atoms with Crippen LogP contribution in [0.3, 0.4) is 0 Å². The number of unbranched alkanes of at least 4 members (excludes halogenated alkanes) is 3. The normalized spacial score (nSPS) is 11.4. The van der Waals surface area contributed by atoms with Gasteiger partial charge >= 0.3 is 12.2 Å². The third kappa shape index (κ3) is 6.51. The van der Waals surface area contributed by atoms with Crippen LogP contribution in [0.4, 0.5) is 24.7 Å². The number of hydrogen-bond acceptors (Lipinski definition) is 5. The van der Waals surface area contributed by atoms with Crippen molar-refractivity contribution < 1.29 is 22.6 Å². The van der Waals surface area contributed by atoms with Gasteiger partial charge < -0.3 is 14.4 Å². The Morgan fingerprint density at radius 1 is 0.966 bits per heavy atom. The van der Waals surface area contributed by atoms with Gasteiger partial charge in [0.25, 0.3) is 0 Å². The molecule has 1 aromatic heterocycles. The van der Waals surface area contributed by atoms with Crippen molar-refractivity contribution in [1.29, 1.82) is 0 Å². The quantitative estimate of drug-likeness (QED) is 0.424. The third-order valence-corrected chi connectivity index (χ3v) is 4.29. The van der Waals surface area contributed by atoms with Crippen molar-refractivity contribution >= 4 is 11.5 Å². The summed E-state index contributed by atoms with van der Waals surface area (Å²) >= 11 is 0. The third-order valence-electron chi connectivity index (χ3n) is 4.29. The Morgan fingerprint density at radius 2 is 1.72 bits per heavy atom. The zero-order chi connectivity index (χ0) is 21.3. The standard InChI is InChI=1S/C21H28F3N3O2/c1-4-6-7-10-14-29-20-25-15-16(21(22,23)24)19(26-20)27(3)17-11-8-9-12-18(17)28-13-5-2/h8-9,11-12,15H,4-7,10,13-14H2,1-3H3. The van der Waals surface area contributed by atoms with Gasteiger partial charge in [0.05, 0.1) is 18.9 Å². The topological polar surface area (TPSA) is 47.5 Å². The van der Waals surface area contributed by atoms with Crippen molar-refractivity contribution in [2.75, 3.05) is 25.2 Å². The number of rotatable bonds is 11. The summed E-state index contributed by atoms with van der Waals surface area (Å²) in [6.07, 6.45) is 0.932. The first-order chi connectivity index (χ1) is 13.9. The summed E-state index contributed by atoms with van der Waals surface area (Å²) in [6, 6.07) is 6.87. The van der Waals surface area contributed by atoms with E-state index in [1.54, 1.807) is 24.3 Å². The second-order valence-corrected chi connectivity index (χ2v) is 6.67. The molecule has 0 aliphatic carbocycles. The van der Waals surface area contributed by atoms with Crippen LogP contribution in [-0.4, -0.2) is 30.2 Å². The molecule has 2 rings (SSSR count). The molecule has 0 aliphatic rings. The predicted octanol–water partition coefficient (Wildman–Crippen LogP) is 6.01. The summed E-state index contributed by atoms with van der Waals surface area (Å²) in [5.74, 6) is 0.217. The molecule has 1 heterocycles. The number of anilines is 2. The summed E-state index contributed by atoms with van der Waals surface area (Å²) in [5.41, 5.74) is -0.442.